The van der Waals surface area contributed by atoms with Gasteiger partial charge < -0.3 is 4.57 Å². The van der Waals surface area contributed by atoms with Crippen LogP contribution in [0.4, 0.5) is 4.39 Å². The van der Waals surface area contributed by atoms with Crippen LogP contribution in [0.1, 0.15) is 11.3 Å². The van der Waals surface area contributed by atoms with Gasteiger partial charge in [0.15, 0.2) is 5.82 Å². The monoisotopic (exact) mass is 204 g/mol. The van der Waals surface area contributed by atoms with Crippen molar-refractivity contribution in [1.82, 2.24) is 9.55 Å². The smallest absolute Gasteiger partial charge is 0.151 e. The van der Waals surface area contributed by atoms with Crippen molar-refractivity contribution in [3.05, 3.63) is 42.1 Å². The maximum Gasteiger partial charge on any atom is 0.151 e. The van der Waals surface area contributed by atoms with E-state index in [1.165, 1.54) is 6.20 Å². The second-order valence-electron chi connectivity index (χ2n) is 3.63. The minimum Gasteiger partial charge on any atom is -0.339 e. The molecule has 2 aromatic heterocycles. The Morgan fingerprint density at radius 1 is 1.47 bits per heavy atom. The van der Waals surface area contributed by atoms with Crippen molar-refractivity contribution in [2.24, 2.45) is 0 Å². The first-order valence-electron chi connectivity index (χ1n) is 4.86. The lowest BCUT2D eigenvalue weighted by atomic mass is 10.2. The molecule has 0 aliphatic carbocycles. The van der Waals surface area contributed by atoms with Gasteiger partial charge in [0, 0.05) is 17.6 Å². The lowest BCUT2D eigenvalue weighted by molar-refractivity contribution is 0.633. The first-order valence-corrected chi connectivity index (χ1v) is 4.86. The van der Waals surface area contributed by atoms with Crippen molar-refractivity contribution >= 4 is 10.9 Å². The van der Waals surface area contributed by atoms with Gasteiger partial charge in [0.2, 0.25) is 0 Å². The highest BCUT2D eigenvalue weighted by Gasteiger charge is 2.13. The van der Waals surface area contributed by atoms with E-state index in [-0.39, 0.29) is 5.82 Å². The molecule has 0 unspecified atom stereocenters. The van der Waals surface area contributed by atoms with E-state index in [4.69, 9.17) is 0 Å². The molecule has 2 aromatic rings. The molecule has 0 saturated carbocycles. The van der Waals surface area contributed by atoms with Gasteiger partial charge in [-0.15, -0.1) is 6.58 Å². The molecular weight excluding hydrogens is 191 g/mol. The quantitative estimate of drug-likeness (QED) is 0.688. The highest BCUT2D eigenvalue weighted by atomic mass is 19.1. The molecule has 0 saturated heterocycles. The second-order valence-corrected chi connectivity index (χ2v) is 3.63. The molecule has 2 nitrogen and oxygen atoms in total. The summed E-state index contributed by atoms with van der Waals surface area (Å²) in [6.07, 6.45) is 4.76. The summed E-state index contributed by atoms with van der Waals surface area (Å²) in [4.78, 5) is 3.88. The number of aromatic nitrogens is 2. The molecule has 0 spiro atoms. The summed E-state index contributed by atoms with van der Waals surface area (Å²) in [6, 6.07) is 0. The molecule has 0 aliphatic rings. The van der Waals surface area contributed by atoms with E-state index in [1.807, 2.05) is 18.4 Å². The van der Waals surface area contributed by atoms with Crippen molar-refractivity contribution in [2.45, 2.75) is 20.4 Å². The zero-order chi connectivity index (χ0) is 11.0. The van der Waals surface area contributed by atoms with Gasteiger partial charge in [0.1, 0.15) is 0 Å². The van der Waals surface area contributed by atoms with Gasteiger partial charge in [-0.1, -0.05) is 6.08 Å². The maximum absolute atomic E-state index is 13.6. The Morgan fingerprint density at radius 2 is 2.20 bits per heavy atom. The van der Waals surface area contributed by atoms with E-state index in [2.05, 4.69) is 11.6 Å². The maximum atomic E-state index is 13.6. The summed E-state index contributed by atoms with van der Waals surface area (Å²) in [5.74, 6) is -0.254. The molecule has 78 valence electrons. The Kier molecular flexibility index (Phi) is 2.31. The average molecular weight is 204 g/mol. The van der Waals surface area contributed by atoms with Crippen molar-refractivity contribution in [3.8, 4) is 0 Å². The standard InChI is InChI=1S/C12H13FN2/c1-4-5-15-9(3)8(2)12-10(13)6-14-7-11(12)15/h4,6-7H,1,5H2,2-3H3. The Labute approximate surface area is 88.1 Å². The predicted octanol–water partition coefficient (Wildman–Crippen LogP) is 2.98. The number of halogens is 1. The number of fused-ring (bicyclic) bond motifs is 1. The third-order valence-electron chi connectivity index (χ3n) is 2.80. The van der Waals surface area contributed by atoms with Gasteiger partial charge in [-0.2, -0.15) is 0 Å². The lowest BCUT2D eigenvalue weighted by Gasteiger charge is -2.03. The molecule has 0 aliphatic heterocycles. The Hall–Kier alpha value is -1.64. The van der Waals surface area contributed by atoms with Crippen LogP contribution >= 0.6 is 0 Å². The van der Waals surface area contributed by atoms with Gasteiger partial charge in [0.05, 0.1) is 17.9 Å². The van der Waals surface area contributed by atoms with Crippen LogP contribution in [0.15, 0.2) is 25.0 Å². The van der Waals surface area contributed by atoms with E-state index < -0.39 is 0 Å². The molecule has 0 fully saturated rings. The van der Waals surface area contributed by atoms with Crippen molar-refractivity contribution in [3.63, 3.8) is 0 Å². The summed E-state index contributed by atoms with van der Waals surface area (Å²) < 4.78 is 15.6. The fraction of sp³-hybridized carbons (Fsp3) is 0.250. The van der Waals surface area contributed by atoms with Crippen LogP contribution in [0.3, 0.4) is 0 Å². The second kappa shape index (κ2) is 3.50. The van der Waals surface area contributed by atoms with Gasteiger partial charge in [-0.25, -0.2) is 4.39 Å². The fourth-order valence-electron chi connectivity index (χ4n) is 1.93. The fourth-order valence-corrected chi connectivity index (χ4v) is 1.93. The predicted molar refractivity (Wildman–Crippen MR) is 59.4 cm³/mol. The number of hydrogen-bond acceptors (Lipinski definition) is 1. The average Bonchev–Trinajstić information content (AvgIpc) is 2.45. The van der Waals surface area contributed by atoms with Crippen molar-refractivity contribution < 1.29 is 4.39 Å². The van der Waals surface area contributed by atoms with Gasteiger partial charge in [-0.05, 0) is 19.4 Å². The topological polar surface area (TPSA) is 17.8 Å². The molecule has 0 radical (unpaired) electrons. The van der Waals surface area contributed by atoms with Crippen LogP contribution in [-0.4, -0.2) is 9.55 Å². The van der Waals surface area contributed by atoms with Gasteiger partial charge in [-0.3, -0.25) is 4.98 Å². The molecule has 0 atom stereocenters. The molecule has 3 heteroatoms. The molecule has 2 rings (SSSR count). The number of nitrogens with zero attached hydrogens (tertiary/aromatic N) is 2. The third-order valence-corrected chi connectivity index (χ3v) is 2.80. The molecule has 15 heavy (non-hydrogen) atoms. The summed E-state index contributed by atoms with van der Waals surface area (Å²) in [7, 11) is 0. The first kappa shape index (κ1) is 9.90. The summed E-state index contributed by atoms with van der Waals surface area (Å²) in [5, 5.41) is 0.671. The Morgan fingerprint density at radius 3 is 2.87 bits per heavy atom. The zero-order valence-corrected chi connectivity index (χ0v) is 8.92. The number of aryl methyl sites for hydroxylation is 1. The van der Waals surface area contributed by atoms with Crippen molar-refractivity contribution in [1.29, 1.82) is 0 Å². The summed E-state index contributed by atoms with van der Waals surface area (Å²) in [5.41, 5.74) is 2.88. The van der Waals surface area contributed by atoms with E-state index in [0.29, 0.717) is 11.9 Å². The Balaban J connectivity index is 2.86. The van der Waals surface area contributed by atoms with Crippen LogP contribution in [0, 0.1) is 19.7 Å². The van der Waals surface area contributed by atoms with Crippen molar-refractivity contribution in [2.75, 3.05) is 0 Å². The minimum absolute atomic E-state index is 0.254. The highest BCUT2D eigenvalue weighted by Crippen LogP contribution is 2.26. The summed E-state index contributed by atoms with van der Waals surface area (Å²) >= 11 is 0. The Bertz CT molecular complexity index is 526. The van der Waals surface area contributed by atoms with Crippen LogP contribution in [0.5, 0.6) is 0 Å². The van der Waals surface area contributed by atoms with E-state index in [1.54, 1.807) is 12.3 Å². The number of rotatable bonds is 2. The molecule has 0 bridgehead atoms. The lowest BCUT2D eigenvalue weighted by Crippen LogP contribution is -1.97. The van der Waals surface area contributed by atoms with Crippen LogP contribution in [0.2, 0.25) is 0 Å². The minimum atomic E-state index is -0.254. The van der Waals surface area contributed by atoms with Gasteiger partial charge >= 0.3 is 0 Å². The van der Waals surface area contributed by atoms with Crippen LogP contribution in [-0.2, 0) is 6.54 Å². The molecule has 0 amide bonds. The van der Waals surface area contributed by atoms with Crippen LogP contribution in [0.25, 0.3) is 10.9 Å². The molecule has 0 aromatic carbocycles. The molecule has 0 N–H and O–H groups in total. The third kappa shape index (κ3) is 1.35. The molecular formula is C12H13FN2. The van der Waals surface area contributed by atoms with Gasteiger partial charge in [0.25, 0.3) is 0 Å². The SMILES string of the molecule is C=CCn1c(C)c(C)c2c(F)cncc21. The number of hydrogen-bond donors (Lipinski definition) is 0. The largest absolute Gasteiger partial charge is 0.339 e. The zero-order valence-electron chi connectivity index (χ0n) is 8.92. The summed E-state index contributed by atoms with van der Waals surface area (Å²) in [6.45, 7) is 8.30. The highest BCUT2D eigenvalue weighted by molar-refractivity contribution is 5.85. The number of allylic oxidation sites excluding steroid dienone is 1. The van der Waals surface area contributed by atoms with E-state index >= 15 is 0 Å². The number of pyridine rings is 1. The van der Waals surface area contributed by atoms with Crippen LogP contribution < -0.4 is 0 Å². The molecule has 2 heterocycles. The van der Waals surface area contributed by atoms with E-state index in [0.717, 1.165) is 16.8 Å². The van der Waals surface area contributed by atoms with E-state index in [9.17, 15) is 4.39 Å². The normalized spacial score (nSPS) is 10.9. The first-order chi connectivity index (χ1) is 7.16.